The Bertz CT molecular complexity index is 184. The molecule has 1 N–H and O–H groups in total. The zero-order chi connectivity index (χ0) is 9.84. The molecule has 13 heavy (non-hydrogen) atoms. The average Bonchev–Trinajstić information content (AvgIpc) is 2.41. The van der Waals surface area contributed by atoms with Crippen LogP contribution >= 0.6 is 11.8 Å². The molecule has 3 atom stereocenters. The van der Waals surface area contributed by atoms with Crippen LogP contribution in [0.1, 0.15) is 20.3 Å². The van der Waals surface area contributed by atoms with E-state index in [-0.39, 0.29) is 29.8 Å². The molecule has 3 nitrogen and oxygen atoms in total. The van der Waals surface area contributed by atoms with Gasteiger partial charge in [-0.1, -0.05) is 6.92 Å². The van der Waals surface area contributed by atoms with Crippen LogP contribution in [-0.4, -0.2) is 34.8 Å². The highest BCUT2D eigenvalue weighted by atomic mass is 32.2. The molecular weight excluding hydrogens is 188 g/mol. The summed E-state index contributed by atoms with van der Waals surface area (Å²) in [5.74, 6) is 0.986. The molecular formula is C9H16O3S. The van der Waals surface area contributed by atoms with Crippen LogP contribution in [0.15, 0.2) is 0 Å². The Hall–Kier alpha value is -0.220. The summed E-state index contributed by atoms with van der Waals surface area (Å²) in [6.45, 7) is 4.06. The summed E-state index contributed by atoms with van der Waals surface area (Å²) in [6.07, 6.45) is 0.871. The highest BCUT2D eigenvalue weighted by molar-refractivity contribution is 8.00. The average molecular weight is 204 g/mol. The predicted molar refractivity (Wildman–Crippen MR) is 52.7 cm³/mol. The first-order valence-corrected chi connectivity index (χ1v) is 5.61. The van der Waals surface area contributed by atoms with Crippen LogP contribution < -0.4 is 0 Å². The highest BCUT2D eigenvalue weighted by Crippen LogP contribution is 2.27. The van der Waals surface area contributed by atoms with E-state index in [0.717, 1.165) is 12.2 Å². The van der Waals surface area contributed by atoms with Crippen LogP contribution in [0.5, 0.6) is 0 Å². The molecule has 0 aromatic rings. The number of carbonyl (C=O) groups excluding carboxylic acids is 1. The Balaban J connectivity index is 2.25. The lowest BCUT2D eigenvalue weighted by atomic mass is 10.2. The van der Waals surface area contributed by atoms with Gasteiger partial charge in [-0.15, -0.1) is 11.8 Å². The Labute approximate surface area is 82.8 Å². The van der Waals surface area contributed by atoms with Crippen LogP contribution in [0, 0.1) is 5.92 Å². The van der Waals surface area contributed by atoms with Crippen LogP contribution in [-0.2, 0) is 9.53 Å². The molecule has 1 fully saturated rings. The lowest BCUT2D eigenvalue weighted by Gasteiger charge is -2.09. The van der Waals surface area contributed by atoms with E-state index in [1.165, 1.54) is 0 Å². The maximum Gasteiger partial charge on any atom is 0.319 e. The largest absolute Gasteiger partial charge is 0.462 e. The van der Waals surface area contributed by atoms with Gasteiger partial charge in [0.1, 0.15) is 11.4 Å². The summed E-state index contributed by atoms with van der Waals surface area (Å²) in [6, 6.07) is 0. The molecule has 1 aliphatic rings. The molecule has 0 spiro atoms. The van der Waals surface area contributed by atoms with E-state index in [1.54, 1.807) is 11.8 Å². The lowest BCUT2D eigenvalue weighted by Crippen LogP contribution is -2.13. The van der Waals surface area contributed by atoms with Gasteiger partial charge >= 0.3 is 5.97 Å². The minimum absolute atomic E-state index is 0.0102. The highest BCUT2D eigenvalue weighted by Gasteiger charge is 2.32. The molecule has 0 unspecified atom stereocenters. The Morgan fingerprint density at radius 2 is 2.46 bits per heavy atom. The predicted octanol–water partition coefficient (Wildman–Crippen LogP) is 1.05. The van der Waals surface area contributed by atoms with Gasteiger partial charge in [-0.2, -0.15) is 0 Å². The molecule has 1 aliphatic heterocycles. The van der Waals surface area contributed by atoms with Gasteiger partial charge in [-0.3, -0.25) is 4.79 Å². The molecule has 4 heteroatoms. The van der Waals surface area contributed by atoms with Gasteiger partial charge in [0.15, 0.2) is 0 Å². The second-order valence-electron chi connectivity index (χ2n) is 3.59. The number of hydrogen-bond donors (Lipinski definition) is 1. The van der Waals surface area contributed by atoms with Gasteiger partial charge in [0.05, 0.1) is 0 Å². The number of rotatable bonds is 4. The Kier molecular flexibility index (Phi) is 4.06. The second kappa shape index (κ2) is 4.86. The SMILES string of the molecule is C[C@H](CO)CS[C@@H]1C[C@H](C)OC1=O. The van der Waals surface area contributed by atoms with Crippen molar-refractivity contribution in [1.29, 1.82) is 0 Å². The number of thioether (sulfide) groups is 1. The number of aliphatic hydroxyl groups is 1. The monoisotopic (exact) mass is 204 g/mol. The molecule has 0 aromatic carbocycles. The summed E-state index contributed by atoms with van der Waals surface area (Å²) in [4.78, 5) is 11.2. The molecule has 0 bridgehead atoms. The van der Waals surface area contributed by atoms with E-state index >= 15 is 0 Å². The maximum absolute atomic E-state index is 11.2. The van der Waals surface area contributed by atoms with Crippen molar-refractivity contribution in [3.63, 3.8) is 0 Å². The quantitative estimate of drug-likeness (QED) is 0.695. The summed E-state index contributed by atoms with van der Waals surface area (Å²) in [7, 11) is 0. The molecule has 1 saturated heterocycles. The first-order valence-electron chi connectivity index (χ1n) is 4.56. The summed E-state index contributed by atoms with van der Waals surface area (Å²) >= 11 is 1.59. The van der Waals surface area contributed by atoms with Crippen molar-refractivity contribution < 1.29 is 14.6 Å². The number of hydrogen-bond acceptors (Lipinski definition) is 4. The van der Waals surface area contributed by atoms with E-state index in [1.807, 2.05) is 13.8 Å². The Morgan fingerprint density at radius 1 is 1.77 bits per heavy atom. The first-order chi connectivity index (χ1) is 6.13. The summed E-state index contributed by atoms with van der Waals surface area (Å²) in [5, 5.41) is 8.79. The normalized spacial score (nSPS) is 30.2. The summed E-state index contributed by atoms with van der Waals surface area (Å²) in [5.41, 5.74) is 0. The molecule has 1 rings (SSSR count). The molecule has 0 aliphatic carbocycles. The fraction of sp³-hybridized carbons (Fsp3) is 0.889. The van der Waals surface area contributed by atoms with Gasteiger partial charge < -0.3 is 9.84 Å². The number of cyclic esters (lactones) is 1. The summed E-state index contributed by atoms with van der Waals surface area (Å²) < 4.78 is 5.02. The van der Waals surface area contributed by atoms with Crippen molar-refractivity contribution in [2.45, 2.75) is 31.6 Å². The third-order valence-electron chi connectivity index (χ3n) is 2.02. The first kappa shape index (κ1) is 10.9. The van der Waals surface area contributed by atoms with Crippen molar-refractivity contribution in [3.8, 4) is 0 Å². The fourth-order valence-electron chi connectivity index (χ4n) is 1.19. The topological polar surface area (TPSA) is 46.5 Å². The zero-order valence-electron chi connectivity index (χ0n) is 8.03. The van der Waals surface area contributed by atoms with Gasteiger partial charge in [-0.05, 0) is 18.6 Å². The second-order valence-corrected chi connectivity index (χ2v) is 4.83. The third kappa shape index (κ3) is 3.19. The standard InChI is InChI=1S/C9H16O3S/c1-6(4-10)5-13-8-3-7(2)12-9(8)11/h6-8,10H,3-5H2,1-2H3/t6-,7+,8-/m1/s1. The molecule has 0 amide bonds. The van der Waals surface area contributed by atoms with E-state index in [0.29, 0.717) is 0 Å². The minimum atomic E-state index is -0.0948. The van der Waals surface area contributed by atoms with Crippen molar-refractivity contribution in [2.75, 3.05) is 12.4 Å². The molecule has 1 heterocycles. The zero-order valence-corrected chi connectivity index (χ0v) is 8.84. The van der Waals surface area contributed by atoms with Crippen molar-refractivity contribution in [3.05, 3.63) is 0 Å². The third-order valence-corrected chi connectivity index (χ3v) is 3.57. The van der Waals surface area contributed by atoms with Gasteiger partial charge in [-0.25, -0.2) is 0 Å². The smallest absolute Gasteiger partial charge is 0.319 e. The maximum atomic E-state index is 11.2. The number of carbonyl (C=O) groups is 1. The number of esters is 1. The lowest BCUT2D eigenvalue weighted by molar-refractivity contribution is -0.140. The molecule has 0 radical (unpaired) electrons. The van der Waals surface area contributed by atoms with Crippen LogP contribution in [0.2, 0.25) is 0 Å². The molecule has 0 aromatic heterocycles. The molecule has 76 valence electrons. The van der Waals surface area contributed by atoms with Gasteiger partial charge in [0.2, 0.25) is 0 Å². The van der Waals surface area contributed by atoms with Crippen LogP contribution in [0.3, 0.4) is 0 Å². The van der Waals surface area contributed by atoms with Crippen molar-refractivity contribution in [1.82, 2.24) is 0 Å². The number of aliphatic hydroxyl groups excluding tert-OH is 1. The van der Waals surface area contributed by atoms with Crippen LogP contribution in [0.4, 0.5) is 0 Å². The number of ether oxygens (including phenoxy) is 1. The van der Waals surface area contributed by atoms with Crippen LogP contribution in [0.25, 0.3) is 0 Å². The van der Waals surface area contributed by atoms with Gasteiger partial charge in [0.25, 0.3) is 0 Å². The van der Waals surface area contributed by atoms with E-state index in [2.05, 4.69) is 0 Å². The van der Waals surface area contributed by atoms with E-state index in [4.69, 9.17) is 9.84 Å². The van der Waals surface area contributed by atoms with E-state index in [9.17, 15) is 4.79 Å². The minimum Gasteiger partial charge on any atom is -0.462 e. The Morgan fingerprint density at radius 3 is 2.92 bits per heavy atom. The fourth-order valence-corrected chi connectivity index (χ4v) is 2.45. The van der Waals surface area contributed by atoms with E-state index < -0.39 is 0 Å². The van der Waals surface area contributed by atoms with Gasteiger partial charge in [0, 0.05) is 13.0 Å². The molecule has 0 saturated carbocycles. The van der Waals surface area contributed by atoms with Crippen molar-refractivity contribution >= 4 is 17.7 Å². The van der Waals surface area contributed by atoms with Crippen molar-refractivity contribution in [2.24, 2.45) is 5.92 Å².